The summed E-state index contributed by atoms with van der Waals surface area (Å²) >= 11 is 0. The number of hydrogen-bond acceptors (Lipinski definition) is 2. The van der Waals surface area contributed by atoms with Crippen LogP contribution in [0.15, 0.2) is 17.4 Å². The molecule has 0 aliphatic heterocycles. The number of nitrogens with zero attached hydrogens (tertiary/aromatic N) is 2. The lowest BCUT2D eigenvalue weighted by Crippen LogP contribution is -2.12. The number of rotatable bonds is 0. The van der Waals surface area contributed by atoms with E-state index in [2.05, 4.69) is 9.72 Å². The number of hydrogen-bond donors (Lipinski definition) is 1. The summed E-state index contributed by atoms with van der Waals surface area (Å²) in [5.74, 6) is 0. The van der Waals surface area contributed by atoms with Crippen molar-refractivity contribution < 1.29 is 5.21 Å². The molecule has 0 amide bonds. The zero-order valence-electron chi connectivity index (χ0n) is 7.12. The molecule has 0 spiro atoms. The van der Waals surface area contributed by atoms with Gasteiger partial charge in [0.1, 0.15) is 0 Å². The van der Waals surface area contributed by atoms with Gasteiger partial charge < -0.3 is 9.77 Å². The van der Waals surface area contributed by atoms with Gasteiger partial charge in [-0.25, -0.2) is 0 Å². The first kappa shape index (κ1) is 7.40. The lowest BCUT2D eigenvalue weighted by Gasteiger charge is -2.13. The van der Waals surface area contributed by atoms with E-state index in [9.17, 15) is 0 Å². The van der Waals surface area contributed by atoms with E-state index >= 15 is 0 Å². The Labute approximate surface area is 71.3 Å². The first-order valence-electron chi connectivity index (χ1n) is 4.18. The highest BCUT2D eigenvalue weighted by molar-refractivity contribution is 6.02. The molecule has 3 heteroatoms. The molecule has 0 atom stereocenters. The summed E-state index contributed by atoms with van der Waals surface area (Å²) in [4.78, 5) is 0. The minimum atomic E-state index is 0.830. The standard InChI is InChI=1S/C9H12N2O/c1-11-6-5-7-8(10-12)3-2-4-9(7)11/h5-6,12H,2-4H2,1H3. The Balaban J connectivity index is 2.53. The third-order valence-electron chi connectivity index (χ3n) is 2.46. The smallest absolute Gasteiger partial charge is 0.0885 e. The van der Waals surface area contributed by atoms with Crippen LogP contribution < -0.4 is 0 Å². The number of aryl methyl sites for hydroxylation is 1. The summed E-state index contributed by atoms with van der Waals surface area (Å²) in [7, 11) is 2.03. The van der Waals surface area contributed by atoms with Crippen LogP contribution >= 0.6 is 0 Å². The van der Waals surface area contributed by atoms with Gasteiger partial charge in [0.05, 0.1) is 5.71 Å². The second kappa shape index (κ2) is 2.66. The monoisotopic (exact) mass is 164 g/mol. The molecule has 1 aliphatic carbocycles. The van der Waals surface area contributed by atoms with Gasteiger partial charge in [-0.05, 0) is 25.3 Å². The molecule has 1 aromatic heterocycles. The highest BCUT2D eigenvalue weighted by atomic mass is 16.4. The van der Waals surface area contributed by atoms with Crippen LogP contribution in [0.1, 0.15) is 24.1 Å². The van der Waals surface area contributed by atoms with Crippen LogP contribution in [-0.2, 0) is 13.5 Å². The zero-order chi connectivity index (χ0) is 8.55. The summed E-state index contributed by atoms with van der Waals surface area (Å²) in [5.41, 5.74) is 3.23. The summed E-state index contributed by atoms with van der Waals surface area (Å²) in [5, 5.41) is 12.0. The Hall–Kier alpha value is -1.25. The van der Waals surface area contributed by atoms with Crippen molar-refractivity contribution >= 4 is 5.71 Å². The summed E-state index contributed by atoms with van der Waals surface area (Å²) in [6.45, 7) is 0. The molecule has 12 heavy (non-hydrogen) atoms. The van der Waals surface area contributed by atoms with E-state index in [0.29, 0.717) is 0 Å². The molecular weight excluding hydrogens is 152 g/mol. The minimum Gasteiger partial charge on any atom is -0.411 e. The maximum atomic E-state index is 8.73. The molecule has 1 heterocycles. The van der Waals surface area contributed by atoms with Gasteiger partial charge in [-0.3, -0.25) is 0 Å². The predicted octanol–water partition coefficient (Wildman–Crippen LogP) is 1.54. The molecule has 0 bridgehead atoms. The first-order chi connectivity index (χ1) is 5.83. The number of aromatic nitrogens is 1. The van der Waals surface area contributed by atoms with E-state index in [1.165, 1.54) is 5.69 Å². The highest BCUT2D eigenvalue weighted by Crippen LogP contribution is 2.21. The number of fused-ring (bicyclic) bond motifs is 1. The van der Waals surface area contributed by atoms with Crippen LogP contribution in [0.3, 0.4) is 0 Å². The predicted molar refractivity (Wildman–Crippen MR) is 46.7 cm³/mol. The fourth-order valence-electron chi connectivity index (χ4n) is 1.80. The van der Waals surface area contributed by atoms with Crippen molar-refractivity contribution in [2.24, 2.45) is 12.2 Å². The molecule has 64 valence electrons. The van der Waals surface area contributed by atoms with Crippen molar-refractivity contribution in [1.29, 1.82) is 0 Å². The van der Waals surface area contributed by atoms with Crippen molar-refractivity contribution in [3.05, 3.63) is 23.5 Å². The van der Waals surface area contributed by atoms with E-state index < -0.39 is 0 Å². The Morgan fingerprint density at radius 3 is 3.08 bits per heavy atom. The largest absolute Gasteiger partial charge is 0.411 e. The topological polar surface area (TPSA) is 37.5 Å². The average molecular weight is 164 g/mol. The van der Waals surface area contributed by atoms with E-state index in [4.69, 9.17) is 5.21 Å². The zero-order valence-corrected chi connectivity index (χ0v) is 7.12. The molecule has 0 fully saturated rings. The summed E-state index contributed by atoms with van der Waals surface area (Å²) < 4.78 is 2.10. The van der Waals surface area contributed by atoms with E-state index in [1.54, 1.807) is 0 Å². The fraction of sp³-hybridized carbons (Fsp3) is 0.444. The van der Waals surface area contributed by atoms with Gasteiger partial charge in [-0.2, -0.15) is 0 Å². The Bertz CT molecular complexity index is 325. The third-order valence-corrected chi connectivity index (χ3v) is 2.46. The molecule has 1 aromatic rings. The van der Waals surface area contributed by atoms with Crippen LogP contribution in [-0.4, -0.2) is 15.5 Å². The first-order valence-corrected chi connectivity index (χ1v) is 4.18. The van der Waals surface area contributed by atoms with Crippen LogP contribution in [0.2, 0.25) is 0 Å². The quantitative estimate of drug-likeness (QED) is 0.458. The summed E-state index contributed by atoms with van der Waals surface area (Å²) in [6.07, 6.45) is 5.09. The molecule has 1 aliphatic rings. The van der Waals surface area contributed by atoms with Gasteiger partial charge in [0, 0.05) is 24.5 Å². The van der Waals surface area contributed by atoms with Gasteiger partial charge in [-0.15, -0.1) is 0 Å². The van der Waals surface area contributed by atoms with Gasteiger partial charge in [0.25, 0.3) is 0 Å². The maximum Gasteiger partial charge on any atom is 0.0885 e. The Morgan fingerprint density at radius 1 is 1.50 bits per heavy atom. The van der Waals surface area contributed by atoms with Crippen molar-refractivity contribution in [2.75, 3.05) is 0 Å². The molecule has 0 saturated heterocycles. The van der Waals surface area contributed by atoms with Gasteiger partial charge in [0.15, 0.2) is 0 Å². The highest BCUT2D eigenvalue weighted by Gasteiger charge is 2.17. The lowest BCUT2D eigenvalue weighted by molar-refractivity contribution is 0.317. The molecule has 0 saturated carbocycles. The van der Waals surface area contributed by atoms with Crippen LogP contribution in [0.5, 0.6) is 0 Å². The fourth-order valence-corrected chi connectivity index (χ4v) is 1.80. The molecule has 0 unspecified atom stereocenters. The van der Waals surface area contributed by atoms with Gasteiger partial charge in [0.2, 0.25) is 0 Å². The Morgan fingerprint density at radius 2 is 2.33 bits per heavy atom. The van der Waals surface area contributed by atoms with Crippen LogP contribution in [0, 0.1) is 0 Å². The molecule has 2 rings (SSSR count). The molecule has 3 nitrogen and oxygen atoms in total. The lowest BCUT2D eigenvalue weighted by atomic mass is 9.96. The second-order valence-corrected chi connectivity index (χ2v) is 3.19. The average Bonchev–Trinajstić information content (AvgIpc) is 2.48. The molecule has 0 radical (unpaired) electrons. The number of oxime groups is 1. The SMILES string of the molecule is Cn1ccc2c1CCCC2=NO. The second-order valence-electron chi connectivity index (χ2n) is 3.19. The Kier molecular flexibility index (Phi) is 1.64. The van der Waals surface area contributed by atoms with Crippen molar-refractivity contribution in [3.63, 3.8) is 0 Å². The van der Waals surface area contributed by atoms with Crippen molar-refractivity contribution in [1.82, 2.24) is 4.57 Å². The molecular formula is C9H12N2O. The third kappa shape index (κ3) is 0.932. The van der Waals surface area contributed by atoms with E-state index in [0.717, 1.165) is 30.5 Å². The minimum absolute atomic E-state index is 0.830. The molecule has 1 N–H and O–H groups in total. The van der Waals surface area contributed by atoms with Crippen molar-refractivity contribution in [2.45, 2.75) is 19.3 Å². The van der Waals surface area contributed by atoms with Crippen LogP contribution in [0.4, 0.5) is 0 Å². The van der Waals surface area contributed by atoms with Crippen LogP contribution in [0.25, 0.3) is 0 Å². The summed E-state index contributed by atoms with van der Waals surface area (Å²) in [6, 6.07) is 2.02. The van der Waals surface area contributed by atoms with E-state index in [-0.39, 0.29) is 0 Å². The molecule has 0 aromatic carbocycles. The maximum absolute atomic E-state index is 8.73. The van der Waals surface area contributed by atoms with E-state index in [1.807, 2.05) is 19.3 Å². The normalized spacial score (nSPS) is 19.6. The van der Waals surface area contributed by atoms with Gasteiger partial charge >= 0.3 is 0 Å². The van der Waals surface area contributed by atoms with Crippen molar-refractivity contribution in [3.8, 4) is 0 Å². The van der Waals surface area contributed by atoms with Gasteiger partial charge in [-0.1, -0.05) is 5.16 Å².